The molecule has 0 spiro atoms. The first-order chi connectivity index (χ1) is 9.90. The van der Waals surface area contributed by atoms with Gasteiger partial charge in [-0.2, -0.15) is 0 Å². The zero-order valence-corrected chi connectivity index (χ0v) is 11.1. The highest BCUT2D eigenvalue weighted by molar-refractivity contribution is 5.70. The molecule has 7 nitrogen and oxygen atoms in total. The second kappa shape index (κ2) is 5.58. The summed E-state index contributed by atoms with van der Waals surface area (Å²) < 4.78 is 1.29. The lowest BCUT2D eigenvalue weighted by atomic mass is 10.1. The molecule has 0 unspecified atom stereocenters. The van der Waals surface area contributed by atoms with Crippen molar-refractivity contribution >= 4 is 11.7 Å². The third-order valence-corrected chi connectivity index (χ3v) is 3.02. The van der Waals surface area contributed by atoms with Crippen LogP contribution in [0.5, 0.6) is 0 Å². The molecule has 0 aliphatic carbocycles. The summed E-state index contributed by atoms with van der Waals surface area (Å²) in [5, 5.41) is 19.5. The maximum atomic E-state index is 12.2. The molecule has 0 amide bonds. The first kappa shape index (κ1) is 14.4. The molecule has 1 N–H and O–H groups in total. The van der Waals surface area contributed by atoms with E-state index in [9.17, 15) is 19.7 Å². The smallest absolute Gasteiger partial charge is 0.308 e. The molecule has 2 rings (SSSR count). The Morgan fingerprint density at radius 2 is 2.10 bits per heavy atom. The van der Waals surface area contributed by atoms with E-state index >= 15 is 0 Å². The number of pyridine rings is 1. The first-order valence-electron chi connectivity index (χ1n) is 6.08. The number of carboxylic acids is 1. The normalized spacial score (nSPS) is 10.3. The minimum Gasteiger partial charge on any atom is -0.481 e. The molecule has 108 valence electrons. The van der Waals surface area contributed by atoms with Crippen LogP contribution >= 0.6 is 0 Å². The Hall–Kier alpha value is -2.96. The van der Waals surface area contributed by atoms with Gasteiger partial charge in [0.05, 0.1) is 17.0 Å². The highest BCUT2D eigenvalue weighted by atomic mass is 16.6. The second-order valence-corrected chi connectivity index (χ2v) is 4.51. The molecule has 0 saturated carbocycles. The number of rotatable bonds is 4. The van der Waals surface area contributed by atoms with Crippen LogP contribution in [0.1, 0.15) is 11.1 Å². The number of nitrogens with zero attached hydrogens (tertiary/aromatic N) is 2. The van der Waals surface area contributed by atoms with Crippen molar-refractivity contribution in [2.45, 2.75) is 13.3 Å². The number of carboxylic acid groups (broad SMARTS) is 1. The van der Waals surface area contributed by atoms with Gasteiger partial charge in [-0.25, -0.2) is 0 Å². The molecule has 0 bridgehead atoms. The summed E-state index contributed by atoms with van der Waals surface area (Å²) in [5.41, 5.74) is 0.683. The van der Waals surface area contributed by atoms with E-state index in [1.165, 1.54) is 35.0 Å². The zero-order valence-electron chi connectivity index (χ0n) is 11.1. The lowest BCUT2D eigenvalue weighted by Gasteiger charge is -2.10. The third-order valence-electron chi connectivity index (χ3n) is 3.02. The number of aromatic nitrogens is 1. The maximum absolute atomic E-state index is 12.2. The number of nitro groups is 1. The molecule has 7 heteroatoms. The van der Waals surface area contributed by atoms with Crippen molar-refractivity contribution in [2.75, 3.05) is 0 Å². The van der Waals surface area contributed by atoms with Crippen LogP contribution in [0.3, 0.4) is 0 Å². The topological polar surface area (TPSA) is 102 Å². The molecule has 1 heterocycles. The average molecular weight is 288 g/mol. The number of aryl methyl sites for hydroxylation is 1. The molecule has 0 fully saturated rings. The van der Waals surface area contributed by atoms with Crippen molar-refractivity contribution in [3.63, 3.8) is 0 Å². The molecule has 0 atom stereocenters. The van der Waals surface area contributed by atoms with E-state index in [-0.39, 0.29) is 17.7 Å². The Balaban J connectivity index is 2.55. The summed E-state index contributed by atoms with van der Waals surface area (Å²) >= 11 is 0. The predicted molar refractivity (Wildman–Crippen MR) is 74.8 cm³/mol. The van der Waals surface area contributed by atoms with Gasteiger partial charge >= 0.3 is 5.97 Å². The minimum absolute atomic E-state index is 0.0639. The van der Waals surface area contributed by atoms with E-state index in [4.69, 9.17) is 5.11 Å². The number of hydrogen-bond acceptors (Lipinski definition) is 4. The lowest BCUT2D eigenvalue weighted by Crippen LogP contribution is -2.23. The van der Waals surface area contributed by atoms with Crippen LogP contribution in [-0.4, -0.2) is 20.6 Å². The van der Waals surface area contributed by atoms with Crippen LogP contribution < -0.4 is 5.56 Å². The molecule has 0 aliphatic rings. The standard InChI is InChI=1S/C14H12N2O5/c1-9-7-11(16(20)21)4-5-12(9)15-6-2-3-10(14(15)19)8-13(17)18/h2-7H,8H2,1H3,(H,17,18). The fraction of sp³-hybridized carbons (Fsp3) is 0.143. The Bertz CT molecular complexity index is 779. The van der Waals surface area contributed by atoms with Gasteiger partial charge in [-0.15, -0.1) is 0 Å². The van der Waals surface area contributed by atoms with Gasteiger partial charge in [-0.05, 0) is 24.6 Å². The number of hydrogen-bond donors (Lipinski definition) is 1. The van der Waals surface area contributed by atoms with Crippen molar-refractivity contribution in [3.05, 3.63) is 68.1 Å². The highest BCUT2D eigenvalue weighted by Crippen LogP contribution is 2.19. The Labute approximate surface area is 119 Å². The molecule has 1 aromatic carbocycles. The largest absolute Gasteiger partial charge is 0.481 e. The summed E-state index contributed by atoms with van der Waals surface area (Å²) in [6, 6.07) is 7.16. The van der Waals surface area contributed by atoms with Crippen LogP contribution in [0.2, 0.25) is 0 Å². The van der Waals surface area contributed by atoms with Gasteiger partial charge in [0.25, 0.3) is 11.2 Å². The number of carbonyl (C=O) groups is 1. The van der Waals surface area contributed by atoms with E-state index < -0.39 is 16.5 Å². The van der Waals surface area contributed by atoms with Crippen LogP contribution in [0, 0.1) is 17.0 Å². The van der Waals surface area contributed by atoms with Crippen molar-refractivity contribution in [3.8, 4) is 5.69 Å². The highest BCUT2D eigenvalue weighted by Gasteiger charge is 2.12. The Morgan fingerprint density at radius 1 is 1.38 bits per heavy atom. The molecule has 0 aliphatic heterocycles. The van der Waals surface area contributed by atoms with Crippen molar-refractivity contribution in [2.24, 2.45) is 0 Å². The number of aliphatic carboxylic acids is 1. The number of non-ortho nitro benzene ring substituents is 1. The summed E-state index contributed by atoms with van der Waals surface area (Å²) in [4.78, 5) is 33.2. The van der Waals surface area contributed by atoms with E-state index in [1.54, 1.807) is 13.0 Å². The molecule has 2 aromatic rings. The molecule has 0 radical (unpaired) electrons. The zero-order chi connectivity index (χ0) is 15.6. The monoisotopic (exact) mass is 288 g/mol. The van der Waals surface area contributed by atoms with Gasteiger partial charge < -0.3 is 5.11 Å². The lowest BCUT2D eigenvalue weighted by molar-refractivity contribution is -0.384. The summed E-state index contributed by atoms with van der Waals surface area (Å²) in [6.45, 7) is 1.65. The van der Waals surface area contributed by atoms with Crippen molar-refractivity contribution < 1.29 is 14.8 Å². The van der Waals surface area contributed by atoms with Crippen molar-refractivity contribution in [1.29, 1.82) is 0 Å². The van der Waals surface area contributed by atoms with Gasteiger partial charge in [0, 0.05) is 23.9 Å². The van der Waals surface area contributed by atoms with Crippen LogP contribution in [0.25, 0.3) is 5.69 Å². The fourth-order valence-electron chi connectivity index (χ4n) is 2.05. The van der Waals surface area contributed by atoms with Gasteiger partial charge in [0.2, 0.25) is 0 Å². The van der Waals surface area contributed by atoms with E-state index in [1.807, 2.05) is 0 Å². The average Bonchev–Trinajstić information content (AvgIpc) is 2.41. The molecule has 1 aromatic heterocycles. The molecular formula is C14H12N2O5. The van der Waals surface area contributed by atoms with Gasteiger partial charge in [0.1, 0.15) is 0 Å². The van der Waals surface area contributed by atoms with Crippen LogP contribution in [-0.2, 0) is 11.2 Å². The number of benzene rings is 1. The van der Waals surface area contributed by atoms with E-state index in [2.05, 4.69) is 0 Å². The minimum atomic E-state index is -1.09. The van der Waals surface area contributed by atoms with E-state index in [0.717, 1.165) is 0 Å². The van der Waals surface area contributed by atoms with Crippen LogP contribution in [0.15, 0.2) is 41.3 Å². The van der Waals surface area contributed by atoms with Gasteiger partial charge in [-0.1, -0.05) is 6.07 Å². The Morgan fingerprint density at radius 3 is 2.67 bits per heavy atom. The van der Waals surface area contributed by atoms with E-state index in [0.29, 0.717) is 11.3 Å². The summed E-state index contributed by atoms with van der Waals surface area (Å²) in [7, 11) is 0. The summed E-state index contributed by atoms with van der Waals surface area (Å²) in [5.74, 6) is -1.09. The third kappa shape index (κ3) is 2.97. The SMILES string of the molecule is Cc1cc([N+](=O)[O-])ccc1-n1cccc(CC(=O)O)c1=O. The molecular weight excluding hydrogens is 276 g/mol. The van der Waals surface area contributed by atoms with Crippen LogP contribution in [0.4, 0.5) is 5.69 Å². The van der Waals surface area contributed by atoms with Gasteiger partial charge in [0.15, 0.2) is 0 Å². The van der Waals surface area contributed by atoms with Crippen molar-refractivity contribution in [1.82, 2.24) is 4.57 Å². The quantitative estimate of drug-likeness (QED) is 0.681. The second-order valence-electron chi connectivity index (χ2n) is 4.51. The predicted octanol–water partition coefficient (Wildman–Crippen LogP) is 1.68. The van der Waals surface area contributed by atoms with Gasteiger partial charge in [-0.3, -0.25) is 24.3 Å². The Kier molecular flexibility index (Phi) is 3.84. The summed E-state index contributed by atoms with van der Waals surface area (Å²) in [6.07, 6.45) is 1.13. The first-order valence-corrected chi connectivity index (χ1v) is 6.08. The fourth-order valence-corrected chi connectivity index (χ4v) is 2.05. The molecule has 0 saturated heterocycles. The maximum Gasteiger partial charge on any atom is 0.308 e. The molecule has 21 heavy (non-hydrogen) atoms. The number of nitro benzene ring substituents is 1.